The smallest absolute Gasteiger partial charge is 0.127 e. The van der Waals surface area contributed by atoms with Crippen LogP contribution >= 0.6 is 0 Å². The number of nitrogens with two attached hydrogens (primary N) is 1. The summed E-state index contributed by atoms with van der Waals surface area (Å²) in [5.41, 5.74) is 5.55. The van der Waals surface area contributed by atoms with Crippen molar-refractivity contribution in [2.75, 3.05) is 14.2 Å². The van der Waals surface area contributed by atoms with Gasteiger partial charge in [0, 0.05) is 6.20 Å². The zero-order chi connectivity index (χ0) is 14.5. The van der Waals surface area contributed by atoms with E-state index in [1.165, 1.54) is 0 Å². The molecule has 2 rings (SSSR count). The number of ether oxygens (including phenoxy) is 2. The maximum absolute atomic E-state index is 5.73. The van der Waals surface area contributed by atoms with E-state index in [0.717, 1.165) is 16.8 Å². The van der Waals surface area contributed by atoms with Crippen LogP contribution in [0.25, 0.3) is 0 Å². The van der Waals surface area contributed by atoms with E-state index < -0.39 is 0 Å². The molecule has 1 unspecified atom stereocenters. The molecular weight excluding hydrogens is 254 g/mol. The van der Waals surface area contributed by atoms with Gasteiger partial charge in [-0.25, -0.2) is 5.43 Å². The highest BCUT2D eigenvalue weighted by Crippen LogP contribution is 2.36. The van der Waals surface area contributed by atoms with Gasteiger partial charge in [0.1, 0.15) is 11.5 Å². The maximum Gasteiger partial charge on any atom is 0.127 e. The first-order valence-electron chi connectivity index (χ1n) is 6.30. The molecule has 5 nitrogen and oxygen atoms in total. The lowest BCUT2D eigenvalue weighted by Crippen LogP contribution is -2.30. The van der Waals surface area contributed by atoms with Gasteiger partial charge >= 0.3 is 0 Å². The quantitative estimate of drug-likeness (QED) is 0.644. The van der Waals surface area contributed by atoms with Crippen LogP contribution in [0.1, 0.15) is 22.9 Å². The summed E-state index contributed by atoms with van der Waals surface area (Å²) in [4.78, 5) is 4.38. The molecule has 1 aromatic carbocycles. The molecule has 1 aromatic heterocycles. The van der Waals surface area contributed by atoms with Crippen molar-refractivity contribution in [3.63, 3.8) is 0 Å². The van der Waals surface area contributed by atoms with Crippen molar-refractivity contribution >= 4 is 0 Å². The Kier molecular flexibility index (Phi) is 4.55. The Bertz CT molecular complexity index is 565. The van der Waals surface area contributed by atoms with Crippen molar-refractivity contribution in [3.05, 3.63) is 53.3 Å². The van der Waals surface area contributed by atoms with Crippen molar-refractivity contribution < 1.29 is 9.47 Å². The van der Waals surface area contributed by atoms with Gasteiger partial charge in [-0.2, -0.15) is 0 Å². The van der Waals surface area contributed by atoms with Crippen molar-refractivity contribution in [3.8, 4) is 11.5 Å². The normalized spacial score (nSPS) is 12.0. The second-order valence-electron chi connectivity index (χ2n) is 4.43. The Hall–Kier alpha value is -2.11. The number of rotatable bonds is 5. The van der Waals surface area contributed by atoms with Crippen LogP contribution in [0, 0.1) is 6.92 Å². The van der Waals surface area contributed by atoms with E-state index in [2.05, 4.69) is 10.4 Å². The third kappa shape index (κ3) is 2.74. The number of hydrogen-bond donors (Lipinski definition) is 2. The molecule has 0 saturated heterocycles. The van der Waals surface area contributed by atoms with Crippen LogP contribution in [0.2, 0.25) is 0 Å². The second-order valence-corrected chi connectivity index (χ2v) is 4.43. The van der Waals surface area contributed by atoms with Crippen molar-refractivity contribution in [1.29, 1.82) is 0 Å². The van der Waals surface area contributed by atoms with E-state index >= 15 is 0 Å². The van der Waals surface area contributed by atoms with Gasteiger partial charge < -0.3 is 9.47 Å². The molecule has 5 heteroatoms. The van der Waals surface area contributed by atoms with Gasteiger partial charge in [-0.15, -0.1) is 0 Å². The highest BCUT2D eigenvalue weighted by molar-refractivity contribution is 5.49. The topological polar surface area (TPSA) is 69.4 Å². The van der Waals surface area contributed by atoms with E-state index in [1.807, 2.05) is 37.3 Å². The van der Waals surface area contributed by atoms with Crippen LogP contribution in [0.4, 0.5) is 0 Å². The zero-order valence-electron chi connectivity index (χ0n) is 11.9. The molecule has 2 aromatic rings. The number of hydrogen-bond acceptors (Lipinski definition) is 5. The molecule has 0 aliphatic rings. The van der Waals surface area contributed by atoms with Crippen molar-refractivity contribution in [2.45, 2.75) is 13.0 Å². The summed E-state index contributed by atoms with van der Waals surface area (Å²) in [5, 5.41) is 0. The van der Waals surface area contributed by atoms with Crippen LogP contribution < -0.4 is 20.7 Å². The number of hydrazine groups is 1. The summed E-state index contributed by atoms with van der Waals surface area (Å²) < 4.78 is 10.8. The lowest BCUT2D eigenvalue weighted by molar-refractivity contribution is 0.376. The van der Waals surface area contributed by atoms with Gasteiger partial charge in [0.2, 0.25) is 0 Å². The third-order valence-electron chi connectivity index (χ3n) is 3.15. The minimum Gasteiger partial charge on any atom is -0.496 e. The van der Waals surface area contributed by atoms with Gasteiger partial charge in [-0.3, -0.25) is 10.8 Å². The summed E-state index contributed by atoms with van der Waals surface area (Å²) >= 11 is 0. The molecule has 0 spiro atoms. The van der Waals surface area contributed by atoms with E-state index in [1.54, 1.807) is 20.4 Å². The van der Waals surface area contributed by atoms with Crippen LogP contribution in [0.3, 0.4) is 0 Å². The van der Waals surface area contributed by atoms with Crippen LogP contribution in [0.5, 0.6) is 11.5 Å². The minimum atomic E-state index is -0.305. The molecule has 3 N–H and O–H groups in total. The van der Waals surface area contributed by atoms with E-state index in [0.29, 0.717) is 11.5 Å². The van der Waals surface area contributed by atoms with E-state index in [-0.39, 0.29) is 6.04 Å². The number of pyridine rings is 1. The average molecular weight is 273 g/mol. The van der Waals surface area contributed by atoms with Gasteiger partial charge in [0.25, 0.3) is 0 Å². The third-order valence-corrected chi connectivity index (χ3v) is 3.15. The number of aromatic nitrogens is 1. The molecule has 20 heavy (non-hydrogen) atoms. The molecule has 0 fully saturated rings. The molecule has 0 saturated carbocycles. The maximum atomic E-state index is 5.73. The molecule has 0 aliphatic carbocycles. The Morgan fingerprint density at radius 2 is 1.80 bits per heavy atom. The molecule has 106 valence electrons. The molecule has 1 atom stereocenters. The summed E-state index contributed by atoms with van der Waals surface area (Å²) in [5.74, 6) is 7.14. The SMILES string of the molecule is COc1cccc(OC)c1C(NN)c1cc(C)ccn1. The minimum absolute atomic E-state index is 0.305. The summed E-state index contributed by atoms with van der Waals surface area (Å²) in [6, 6.07) is 9.24. The van der Waals surface area contributed by atoms with Crippen molar-refractivity contribution in [2.24, 2.45) is 5.84 Å². The zero-order valence-corrected chi connectivity index (χ0v) is 11.9. The van der Waals surface area contributed by atoms with Crippen LogP contribution in [-0.4, -0.2) is 19.2 Å². The fourth-order valence-electron chi connectivity index (χ4n) is 2.20. The first-order valence-corrected chi connectivity index (χ1v) is 6.30. The monoisotopic (exact) mass is 273 g/mol. The van der Waals surface area contributed by atoms with Crippen LogP contribution in [-0.2, 0) is 0 Å². The van der Waals surface area contributed by atoms with Gasteiger partial charge in [-0.05, 0) is 36.8 Å². The van der Waals surface area contributed by atoms with Gasteiger partial charge in [0.15, 0.2) is 0 Å². The molecular formula is C15H19N3O2. The molecule has 0 amide bonds. The van der Waals surface area contributed by atoms with Crippen LogP contribution in [0.15, 0.2) is 36.5 Å². The number of aryl methyl sites for hydroxylation is 1. The number of nitrogens with one attached hydrogen (secondary N) is 1. The summed E-state index contributed by atoms with van der Waals surface area (Å²) in [6.45, 7) is 2.01. The fourth-order valence-corrected chi connectivity index (χ4v) is 2.20. The molecule has 1 heterocycles. The highest BCUT2D eigenvalue weighted by Gasteiger charge is 2.22. The summed E-state index contributed by atoms with van der Waals surface area (Å²) in [6.07, 6.45) is 1.76. The predicted molar refractivity (Wildman–Crippen MR) is 77.7 cm³/mol. The van der Waals surface area contributed by atoms with Gasteiger partial charge in [-0.1, -0.05) is 6.07 Å². The first-order chi connectivity index (χ1) is 9.71. The Morgan fingerprint density at radius 1 is 1.15 bits per heavy atom. The van der Waals surface area contributed by atoms with E-state index in [9.17, 15) is 0 Å². The first kappa shape index (κ1) is 14.3. The lowest BCUT2D eigenvalue weighted by Gasteiger charge is -2.21. The lowest BCUT2D eigenvalue weighted by atomic mass is 10.0. The predicted octanol–water partition coefficient (Wildman–Crippen LogP) is 1.96. The van der Waals surface area contributed by atoms with E-state index in [4.69, 9.17) is 15.3 Å². The summed E-state index contributed by atoms with van der Waals surface area (Å²) in [7, 11) is 3.24. The van der Waals surface area contributed by atoms with Gasteiger partial charge in [0.05, 0.1) is 31.5 Å². The second kappa shape index (κ2) is 6.36. The molecule has 0 radical (unpaired) electrons. The number of nitrogens with zero attached hydrogens (tertiary/aromatic N) is 1. The van der Waals surface area contributed by atoms with Crippen molar-refractivity contribution in [1.82, 2.24) is 10.4 Å². The fraction of sp³-hybridized carbons (Fsp3) is 0.267. The number of methoxy groups -OCH3 is 2. The Labute approximate surface area is 118 Å². The molecule has 0 bridgehead atoms. The number of benzene rings is 1. The standard InChI is InChI=1S/C15H19N3O2/c1-10-7-8-17-11(9-10)15(18-16)14-12(19-2)5-4-6-13(14)20-3/h4-9,15,18H,16H2,1-3H3. The molecule has 0 aliphatic heterocycles. The Balaban J connectivity index is 2.57. The largest absolute Gasteiger partial charge is 0.496 e. The highest BCUT2D eigenvalue weighted by atomic mass is 16.5. The average Bonchev–Trinajstić information content (AvgIpc) is 2.48. The Morgan fingerprint density at radius 3 is 2.30 bits per heavy atom.